The van der Waals surface area contributed by atoms with Crippen LogP contribution in [0.3, 0.4) is 0 Å². The molecule has 0 bridgehead atoms. The van der Waals surface area contributed by atoms with Crippen molar-refractivity contribution in [1.82, 2.24) is 19.6 Å². The zero-order valence-corrected chi connectivity index (χ0v) is 16.6. The quantitative estimate of drug-likeness (QED) is 0.468. The van der Waals surface area contributed by atoms with Gasteiger partial charge in [-0.05, 0) is 41.5 Å². The third-order valence-electron chi connectivity index (χ3n) is 4.76. The summed E-state index contributed by atoms with van der Waals surface area (Å²) in [5.74, 6) is 0.402. The van der Waals surface area contributed by atoms with Gasteiger partial charge in [0.15, 0.2) is 0 Å². The van der Waals surface area contributed by atoms with E-state index in [0.29, 0.717) is 11.3 Å². The number of esters is 1. The second-order valence-electron chi connectivity index (χ2n) is 6.77. The molecule has 29 heavy (non-hydrogen) atoms. The Morgan fingerprint density at radius 3 is 2.66 bits per heavy atom. The lowest BCUT2D eigenvalue weighted by Crippen LogP contribution is -2.05. The van der Waals surface area contributed by atoms with Crippen LogP contribution in [0.15, 0.2) is 55.0 Å². The highest BCUT2D eigenvalue weighted by molar-refractivity contribution is 5.96. The summed E-state index contributed by atoms with van der Waals surface area (Å²) in [6.45, 7) is 2.94. The highest BCUT2D eigenvalue weighted by Crippen LogP contribution is 2.24. The summed E-state index contributed by atoms with van der Waals surface area (Å²) in [4.78, 5) is 12.7. The Morgan fingerprint density at radius 1 is 1.10 bits per heavy atom. The average molecular weight is 390 g/mol. The number of hydrogen-bond acceptors (Lipinski definition) is 5. The zero-order chi connectivity index (χ0) is 20.4. The van der Waals surface area contributed by atoms with Gasteiger partial charge in [-0.1, -0.05) is 18.2 Å². The Morgan fingerprint density at radius 2 is 1.90 bits per heavy atom. The maximum absolute atomic E-state index is 12.7. The molecule has 0 saturated carbocycles. The van der Waals surface area contributed by atoms with Gasteiger partial charge in [-0.25, -0.2) is 4.79 Å². The Hall–Kier alpha value is -3.61. The number of carbonyl (C=O) groups excluding carboxylic acids is 1. The van der Waals surface area contributed by atoms with Crippen molar-refractivity contribution in [3.63, 3.8) is 0 Å². The van der Waals surface area contributed by atoms with Gasteiger partial charge in [0.25, 0.3) is 0 Å². The van der Waals surface area contributed by atoms with Gasteiger partial charge in [0.05, 0.1) is 13.3 Å². The van der Waals surface area contributed by atoms with Crippen LogP contribution >= 0.6 is 0 Å². The number of hydrogen-bond donors (Lipinski definition) is 0. The van der Waals surface area contributed by atoms with Crippen molar-refractivity contribution < 1.29 is 14.3 Å². The predicted molar refractivity (Wildman–Crippen MR) is 110 cm³/mol. The second kappa shape index (κ2) is 7.79. The van der Waals surface area contributed by atoms with Crippen LogP contribution in [0.5, 0.6) is 5.75 Å². The number of methoxy groups -OCH3 is 1. The molecule has 148 valence electrons. The van der Waals surface area contributed by atoms with Gasteiger partial charge in [-0.15, -0.1) is 0 Å². The first-order valence-corrected chi connectivity index (χ1v) is 9.37. The van der Waals surface area contributed by atoms with Crippen LogP contribution in [0.1, 0.15) is 22.8 Å². The fourth-order valence-electron chi connectivity index (χ4n) is 3.23. The molecule has 0 aliphatic carbocycles. The number of rotatable bonds is 6. The van der Waals surface area contributed by atoms with Crippen molar-refractivity contribution in [2.75, 3.05) is 7.11 Å². The number of aryl methyl sites for hydroxylation is 2. The van der Waals surface area contributed by atoms with Gasteiger partial charge >= 0.3 is 5.97 Å². The maximum Gasteiger partial charge on any atom is 0.342 e. The van der Waals surface area contributed by atoms with E-state index in [4.69, 9.17) is 9.47 Å². The van der Waals surface area contributed by atoms with Gasteiger partial charge in [-0.3, -0.25) is 9.36 Å². The summed E-state index contributed by atoms with van der Waals surface area (Å²) < 4.78 is 14.2. The molecule has 0 fully saturated rings. The van der Waals surface area contributed by atoms with Crippen molar-refractivity contribution in [2.45, 2.75) is 20.1 Å². The van der Waals surface area contributed by atoms with Crippen LogP contribution in [0.2, 0.25) is 0 Å². The van der Waals surface area contributed by atoms with E-state index in [1.807, 2.05) is 49.5 Å². The smallest absolute Gasteiger partial charge is 0.342 e. The predicted octanol–water partition coefficient (Wildman–Crippen LogP) is 3.82. The van der Waals surface area contributed by atoms with E-state index in [1.54, 1.807) is 35.9 Å². The molecule has 0 aliphatic rings. The Bertz CT molecular complexity index is 1180. The lowest BCUT2D eigenvalue weighted by Gasteiger charge is -2.07. The molecule has 2 aromatic heterocycles. The van der Waals surface area contributed by atoms with Crippen LogP contribution in [-0.4, -0.2) is 32.6 Å². The summed E-state index contributed by atoms with van der Waals surface area (Å²) in [7, 11) is 3.43. The molecule has 0 saturated heterocycles. The number of carbonyl (C=O) groups is 1. The molecule has 0 radical (unpaired) electrons. The van der Waals surface area contributed by atoms with Gasteiger partial charge in [0, 0.05) is 31.5 Å². The van der Waals surface area contributed by atoms with E-state index in [0.717, 1.165) is 34.2 Å². The second-order valence-corrected chi connectivity index (χ2v) is 6.77. The molecule has 0 atom stereocenters. The molecule has 0 aliphatic heterocycles. The van der Waals surface area contributed by atoms with Crippen molar-refractivity contribution in [3.8, 4) is 17.0 Å². The molecule has 7 heteroatoms. The molecule has 0 unspecified atom stereocenters. The van der Waals surface area contributed by atoms with Gasteiger partial charge in [-0.2, -0.15) is 10.2 Å². The SMILES string of the molecule is CCn1cc(-c2nn(C)cc2C(=O)OCc2ccc3cc(OC)ccc3c2)cn1. The van der Waals surface area contributed by atoms with Gasteiger partial charge in [0.2, 0.25) is 0 Å². The normalized spacial score (nSPS) is 11.0. The van der Waals surface area contributed by atoms with Crippen LogP contribution in [-0.2, 0) is 24.9 Å². The van der Waals surface area contributed by atoms with Crippen LogP contribution < -0.4 is 4.74 Å². The summed E-state index contributed by atoms with van der Waals surface area (Å²) in [6.07, 6.45) is 5.25. The van der Waals surface area contributed by atoms with Crippen molar-refractivity contribution in [2.24, 2.45) is 7.05 Å². The third kappa shape index (κ3) is 3.85. The van der Waals surface area contributed by atoms with Crippen molar-refractivity contribution in [1.29, 1.82) is 0 Å². The summed E-state index contributed by atoms with van der Waals surface area (Å²) in [5, 5.41) is 10.8. The average Bonchev–Trinajstić information content (AvgIpc) is 3.37. The first-order valence-electron chi connectivity index (χ1n) is 9.37. The van der Waals surface area contributed by atoms with Crippen LogP contribution in [0.25, 0.3) is 22.0 Å². The zero-order valence-electron chi connectivity index (χ0n) is 16.6. The molecule has 2 aromatic carbocycles. The molecule has 2 heterocycles. The molecule has 0 N–H and O–H groups in total. The third-order valence-corrected chi connectivity index (χ3v) is 4.76. The maximum atomic E-state index is 12.7. The first kappa shape index (κ1) is 18.7. The number of fused-ring (bicyclic) bond motifs is 1. The van der Waals surface area contributed by atoms with E-state index in [9.17, 15) is 4.79 Å². The fourth-order valence-corrected chi connectivity index (χ4v) is 3.23. The lowest BCUT2D eigenvalue weighted by molar-refractivity contribution is 0.0473. The lowest BCUT2D eigenvalue weighted by atomic mass is 10.1. The molecule has 4 rings (SSSR count). The highest BCUT2D eigenvalue weighted by Gasteiger charge is 2.20. The van der Waals surface area contributed by atoms with E-state index >= 15 is 0 Å². The minimum atomic E-state index is -0.410. The molecule has 0 spiro atoms. The van der Waals surface area contributed by atoms with E-state index in [1.165, 1.54) is 0 Å². The molecular formula is C22H22N4O3. The van der Waals surface area contributed by atoms with Crippen molar-refractivity contribution in [3.05, 3.63) is 66.1 Å². The highest BCUT2D eigenvalue weighted by atomic mass is 16.5. The minimum absolute atomic E-state index is 0.184. The first-order chi connectivity index (χ1) is 14.1. The molecule has 0 amide bonds. The minimum Gasteiger partial charge on any atom is -0.497 e. The molecule has 4 aromatic rings. The fraction of sp³-hybridized carbons (Fsp3) is 0.227. The Labute approximate surface area is 168 Å². The Balaban J connectivity index is 1.52. The standard InChI is InChI=1S/C22H22N4O3/c1-4-26-12-18(11-23-26)21-20(13-25(2)24-21)22(27)29-14-15-5-6-17-10-19(28-3)8-7-16(17)9-15/h5-13H,4,14H2,1-3H3. The number of aromatic nitrogens is 4. The number of benzene rings is 2. The van der Waals surface area contributed by atoms with Crippen molar-refractivity contribution >= 4 is 16.7 Å². The van der Waals surface area contributed by atoms with Gasteiger partial charge in [0.1, 0.15) is 23.6 Å². The van der Waals surface area contributed by atoms with Gasteiger partial charge < -0.3 is 9.47 Å². The largest absolute Gasteiger partial charge is 0.497 e. The van der Waals surface area contributed by atoms with E-state index < -0.39 is 5.97 Å². The number of nitrogens with zero attached hydrogens (tertiary/aromatic N) is 4. The monoisotopic (exact) mass is 390 g/mol. The van der Waals surface area contributed by atoms with Crippen LogP contribution in [0, 0.1) is 0 Å². The number of ether oxygens (including phenoxy) is 2. The van der Waals surface area contributed by atoms with E-state index in [2.05, 4.69) is 10.2 Å². The van der Waals surface area contributed by atoms with E-state index in [-0.39, 0.29) is 6.61 Å². The molecule has 7 nitrogen and oxygen atoms in total. The van der Waals surface area contributed by atoms with Crippen LogP contribution in [0.4, 0.5) is 0 Å². The summed E-state index contributed by atoms with van der Waals surface area (Å²) in [6, 6.07) is 11.8. The topological polar surface area (TPSA) is 71.2 Å². The summed E-state index contributed by atoms with van der Waals surface area (Å²) in [5.41, 5.74) is 2.70. The summed E-state index contributed by atoms with van der Waals surface area (Å²) >= 11 is 0. The Kier molecular flexibility index (Phi) is 5.03. The molecular weight excluding hydrogens is 368 g/mol.